The van der Waals surface area contributed by atoms with E-state index in [0.717, 1.165) is 32.6 Å². The van der Waals surface area contributed by atoms with Gasteiger partial charge in [-0.05, 0) is 68.0 Å². The molecular weight excluding hydrogens is 430 g/mol. The second kappa shape index (κ2) is 9.55. The van der Waals surface area contributed by atoms with Gasteiger partial charge in [0.15, 0.2) is 0 Å². The molecule has 4 aromatic rings. The van der Waals surface area contributed by atoms with Gasteiger partial charge in [0.1, 0.15) is 11.6 Å². The van der Waals surface area contributed by atoms with Crippen LogP contribution in [0.1, 0.15) is 18.2 Å². The maximum absolute atomic E-state index is 13.1. The minimum Gasteiger partial charge on any atom is -0.338 e. The van der Waals surface area contributed by atoms with E-state index in [1.807, 2.05) is 0 Å². The molecule has 170 valence electrons. The van der Waals surface area contributed by atoms with Gasteiger partial charge < -0.3 is 9.05 Å². The zero-order valence-electron chi connectivity index (χ0n) is 17.8. The lowest BCUT2D eigenvalue weighted by molar-refractivity contribution is 0.210. The number of rotatable bonds is 6. The second-order valence-corrected chi connectivity index (χ2v) is 7.94. The standard InChI is InChI=1S/C23H22F2N6O2/c24-18-6-2-16(3-7-18)22-26-20(32-28-22)14-30-10-1-11-31(13-12-30)15-21-27-23(29-33-21)17-4-8-19(25)9-5-17/h2-9H,1,10-15H2. The van der Waals surface area contributed by atoms with Crippen molar-refractivity contribution in [2.24, 2.45) is 0 Å². The van der Waals surface area contributed by atoms with Crippen molar-refractivity contribution >= 4 is 0 Å². The molecule has 0 unspecified atom stereocenters. The fourth-order valence-corrected chi connectivity index (χ4v) is 3.79. The lowest BCUT2D eigenvalue weighted by Crippen LogP contribution is -2.30. The van der Waals surface area contributed by atoms with Crippen LogP contribution < -0.4 is 0 Å². The molecule has 5 rings (SSSR count). The number of benzene rings is 2. The zero-order valence-corrected chi connectivity index (χ0v) is 17.8. The predicted octanol–water partition coefficient (Wildman–Crippen LogP) is 3.77. The third kappa shape index (κ3) is 5.29. The molecule has 8 nitrogen and oxygen atoms in total. The quantitative estimate of drug-likeness (QED) is 0.437. The summed E-state index contributed by atoms with van der Waals surface area (Å²) >= 11 is 0. The molecule has 0 atom stereocenters. The molecule has 0 N–H and O–H groups in total. The van der Waals surface area contributed by atoms with Crippen LogP contribution in [0.25, 0.3) is 22.8 Å². The number of hydrogen-bond donors (Lipinski definition) is 0. The summed E-state index contributed by atoms with van der Waals surface area (Å²) in [5.74, 6) is 1.37. The first-order valence-electron chi connectivity index (χ1n) is 10.7. The highest BCUT2D eigenvalue weighted by atomic mass is 19.1. The van der Waals surface area contributed by atoms with E-state index in [9.17, 15) is 8.78 Å². The van der Waals surface area contributed by atoms with Crippen LogP contribution in [0, 0.1) is 11.6 Å². The summed E-state index contributed by atoms with van der Waals surface area (Å²) in [6.07, 6.45) is 0.970. The Morgan fingerprint density at radius 2 is 1.06 bits per heavy atom. The molecule has 1 aliphatic heterocycles. The number of halogens is 2. The molecule has 1 saturated heterocycles. The predicted molar refractivity (Wildman–Crippen MR) is 115 cm³/mol. The Labute approximate surface area is 188 Å². The molecule has 0 saturated carbocycles. The van der Waals surface area contributed by atoms with Crippen LogP contribution in [0.4, 0.5) is 8.78 Å². The number of hydrogen-bond acceptors (Lipinski definition) is 8. The van der Waals surface area contributed by atoms with Crippen molar-refractivity contribution in [3.63, 3.8) is 0 Å². The van der Waals surface area contributed by atoms with Crippen LogP contribution >= 0.6 is 0 Å². The van der Waals surface area contributed by atoms with Crippen molar-refractivity contribution in [2.45, 2.75) is 19.5 Å². The van der Waals surface area contributed by atoms with Gasteiger partial charge in [-0.2, -0.15) is 9.97 Å². The van der Waals surface area contributed by atoms with Crippen molar-refractivity contribution in [3.8, 4) is 22.8 Å². The van der Waals surface area contributed by atoms with E-state index < -0.39 is 0 Å². The van der Waals surface area contributed by atoms with Gasteiger partial charge in [-0.25, -0.2) is 8.78 Å². The number of aromatic nitrogens is 4. The summed E-state index contributed by atoms with van der Waals surface area (Å²) in [4.78, 5) is 13.4. The lowest BCUT2D eigenvalue weighted by atomic mass is 10.2. The van der Waals surface area contributed by atoms with Gasteiger partial charge in [0, 0.05) is 24.2 Å². The lowest BCUT2D eigenvalue weighted by Gasteiger charge is -2.19. The Bertz CT molecular complexity index is 1100. The summed E-state index contributed by atoms with van der Waals surface area (Å²) in [5, 5.41) is 8.03. The minimum atomic E-state index is -0.302. The van der Waals surface area contributed by atoms with Crippen molar-refractivity contribution in [3.05, 3.63) is 71.9 Å². The molecule has 33 heavy (non-hydrogen) atoms. The van der Waals surface area contributed by atoms with E-state index in [-0.39, 0.29) is 11.6 Å². The topological polar surface area (TPSA) is 84.3 Å². The molecule has 1 aliphatic rings. The van der Waals surface area contributed by atoms with E-state index >= 15 is 0 Å². The summed E-state index contributed by atoms with van der Waals surface area (Å²) in [5.41, 5.74) is 1.43. The average Bonchev–Trinajstić information content (AvgIpc) is 3.42. The normalized spacial score (nSPS) is 15.6. The SMILES string of the molecule is Fc1ccc(-c2noc(CN3CCCN(Cc4nc(-c5ccc(F)cc5)no4)CC3)n2)cc1. The summed E-state index contributed by atoms with van der Waals surface area (Å²) < 4.78 is 37.0. The molecule has 1 fully saturated rings. The van der Waals surface area contributed by atoms with Crippen LogP contribution in [-0.2, 0) is 13.1 Å². The molecule has 0 bridgehead atoms. The Morgan fingerprint density at radius 3 is 1.48 bits per heavy atom. The first kappa shape index (κ1) is 21.4. The van der Waals surface area contributed by atoms with E-state index in [1.54, 1.807) is 24.3 Å². The third-order valence-electron chi connectivity index (χ3n) is 5.54. The number of nitrogens with zero attached hydrogens (tertiary/aromatic N) is 6. The third-order valence-corrected chi connectivity index (χ3v) is 5.54. The van der Waals surface area contributed by atoms with E-state index in [1.165, 1.54) is 24.3 Å². The van der Waals surface area contributed by atoms with Crippen molar-refractivity contribution in [2.75, 3.05) is 26.2 Å². The van der Waals surface area contributed by atoms with Gasteiger partial charge in [0.2, 0.25) is 23.4 Å². The molecule has 3 heterocycles. The molecule has 10 heteroatoms. The van der Waals surface area contributed by atoms with Gasteiger partial charge in [0.25, 0.3) is 0 Å². The van der Waals surface area contributed by atoms with Gasteiger partial charge in [-0.3, -0.25) is 9.80 Å². The maximum Gasteiger partial charge on any atom is 0.241 e. The van der Waals surface area contributed by atoms with E-state index in [0.29, 0.717) is 47.6 Å². The molecule has 2 aromatic heterocycles. The Hall–Kier alpha value is -3.50. The largest absolute Gasteiger partial charge is 0.338 e. The summed E-state index contributed by atoms with van der Waals surface area (Å²) in [6, 6.07) is 12.0. The van der Waals surface area contributed by atoms with Gasteiger partial charge in [0.05, 0.1) is 13.1 Å². The zero-order chi connectivity index (χ0) is 22.6. The van der Waals surface area contributed by atoms with Gasteiger partial charge in [-0.1, -0.05) is 10.3 Å². The first-order chi connectivity index (χ1) is 16.1. The summed E-state index contributed by atoms with van der Waals surface area (Å²) in [7, 11) is 0. The second-order valence-electron chi connectivity index (χ2n) is 7.94. The molecular formula is C23H22F2N6O2. The highest BCUT2D eigenvalue weighted by Crippen LogP contribution is 2.19. The van der Waals surface area contributed by atoms with Crippen LogP contribution in [0.2, 0.25) is 0 Å². The minimum absolute atomic E-state index is 0.302. The average molecular weight is 452 g/mol. The maximum atomic E-state index is 13.1. The summed E-state index contributed by atoms with van der Waals surface area (Å²) in [6.45, 7) is 4.56. The monoisotopic (exact) mass is 452 g/mol. The molecule has 0 radical (unpaired) electrons. The van der Waals surface area contributed by atoms with Gasteiger partial charge >= 0.3 is 0 Å². The molecule has 0 amide bonds. The van der Waals surface area contributed by atoms with E-state index in [2.05, 4.69) is 30.1 Å². The molecule has 0 aliphatic carbocycles. The van der Waals surface area contributed by atoms with Crippen molar-refractivity contribution in [1.82, 2.24) is 30.1 Å². The highest BCUT2D eigenvalue weighted by Gasteiger charge is 2.20. The van der Waals surface area contributed by atoms with Crippen LogP contribution in [0.5, 0.6) is 0 Å². The van der Waals surface area contributed by atoms with Gasteiger partial charge in [-0.15, -0.1) is 0 Å². The Kier molecular flexibility index (Phi) is 6.18. The Morgan fingerprint density at radius 1 is 0.636 bits per heavy atom. The van der Waals surface area contributed by atoms with E-state index in [4.69, 9.17) is 9.05 Å². The smallest absolute Gasteiger partial charge is 0.241 e. The van der Waals surface area contributed by atoms with Crippen LogP contribution in [0.15, 0.2) is 57.6 Å². The van der Waals surface area contributed by atoms with Crippen molar-refractivity contribution in [1.29, 1.82) is 0 Å². The van der Waals surface area contributed by atoms with Crippen molar-refractivity contribution < 1.29 is 17.8 Å². The van der Waals surface area contributed by atoms with Crippen LogP contribution in [0.3, 0.4) is 0 Å². The Balaban J connectivity index is 1.15. The molecule has 0 spiro atoms. The van der Waals surface area contributed by atoms with Crippen LogP contribution in [-0.4, -0.2) is 56.3 Å². The highest BCUT2D eigenvalue weighted by molar-refractivity contribution is 5.54. The fraction of sp³-hybridized carbons (Fsp3) is 0.304. The first-order valence-corrected chi connectivity index (χ1v) is 10.7. The fourth-order valence-electron chi connectivity index (χ4n) is 3.79. The molecule has 2 aromatic carbocycles.